The number of nitro groups is 1. The van der Waals surface area contributed by atoms with Crippen LogP contribution in [0.5, 0.6) is 0 Å². The van der Waals surface area contributed by atoms with Crippen molar-refractivity contribution in [3.63, 3.8) is 0 Å². The van der Waals surface area contributed by atoms with Crippen LogP contribution in [0.4, 0.5) is 5.82 Å². The van der Waals surface area contributed by atoms with Gasteiger partial charge in [0.2, 0.25) is 6.33 Å². The Morgan fingerprint density at radius 3 is 2.72 bits per heavy atom. The van der Waals surface area contributed by atoms with Crippen molar-refractivity contribution in [2.45, 2.75) is 0 Å². The molecule has 0 aliphatic carbocycles. The van der Waals surface area contributed by atoms with E-state index in [9.17, 15) is 14.9 Å². The highest BCUT2D eigenvalue weighted by Gasteiger charge is 2.13. The molecule has 2 aromatic rings. The minimum atomic E-state index is -1.04. The molecule has 1 aromatic heterocycles. The van der Waals surface area contributed by atoms with Crippen molar-refractivity contribution in [2.75, 3.05) is 0 Å². The Labute approximate surface area is 109 Å². The second kappa shape index (κ2) is 4.57. The van der Waals surface area contributed by atoms with Gasteiger partial charge in [0.05, 0.1) is 11.3 Å². The number of aromatic nitrogens is 2. The highest BCUT2D eigenvalue weighted by atomic mass is 79.9. The van der Waals surface area contributed by atoms with Crippen molar-refractivity contribution in [3.8, 4) is 5.69 Å². The van der Waals surface area contributed by atoms with Crippen LogP contribution in [0.15, 0.2) is 35.2 Å². The normalized spacial score (nSPS) is 10.3. The lowest BCUT2D eigenvalue weighted by atomic mass is 10.2. The standard InChI is InChI=1S/C10H6BrN3O4/c11-7-3-6(10(15)16)1-2-8(7)13-4-9(12-5-13)14(17)18/h1-5H,(H,15,16). The van der Waals surface area contributed by atoms with E-state index in [0.717, 1.165) is 0 Å². The predicted octanol–water partition coefficient (Wildman–Crippen LogP) is 2.24. The lowest BCUT2D eigenvalue weighted by Crippen LogP contribution is -1.98. The van der Waals surface area contributed by atoms with Crippen molar-refractivity contribution in [1.82, 2.24) is 9.55 Å². The van der Waals surface area contributed by atoms with E-state index in [4.69, 9.17) is 5.11 Å². The Balaban J connectivity index is 2.44. The molecule has 2 rings (SSSR count). The summed E-state index contributed by atoms with van der Waals surface area (Å²) in [6.45, 7) is 0. The molecular formula is C10H6BrN3O4. The smallest absolute Gasteiger partial charge is 0.381 e. The highest BCUT2D eigenvalue weighted by molar-refractivity contribution is 9.10. The first kappa shape index (κ1) is 12.2. The molecule has 0 aliphatic heterocycles. The zero-order chi connectivity index (χ0) is 13.3. The molecule has 1 aromatic carbocycles. The molecule has 18 heavy (non-hydrogen) atoms. The zero-order valence-electron chi connectivity index (χ0n) is 8.78. The lowest BCUT2D eigenvalue weighted by Gasteiger charge is -2.04. The number of carboxylic acids is 1. The van der Waals surface area contributed by atoms with E-state index >= 15 is 0 Å². The first-order valence-corrected chi connectivity index (χ1v) is 5.50. The number of benzene rings is 1. The van der Waals surface area contributed by atoms with Gasteiger partial charge in [0.25, 0.3) is 0 Å². The summed E-state index contributed by atoms with van der Waals surface area (Å²) in [5.41, 5.74) is 0.695. The van der Waals surface area contributed by atoms with Crippen LogP contribution in [0.3, 0.4) is 0 Å². The Bertz CT molecular complexity index is 638. The third kappa shape index (κ3) is 2.23. The second-order valence-corrected chi connectivity index (χ2v) is 4.22. The van der Waals surface area contributed by atoms with Gasteiger partial charge in [-0.05, 0) is 44.0 Å². The number of rotatable bonds is 3. The summed E-state index contributed by atoms with van der Waals surface area (Å²) in [7, 11) is 0. The average Bonchev–Trinajstić information content (AvgIpc) is 2.78. The SMILES string of the molecule is O=C(O)c1ccc(-n2cnc([N+](=O)[O-])c2)c(Br)c1. The molecule has 0 fully saturated rings. The summed E-state index contributed by atoms with van der Waals surface area (Å²) in [5, 5.41) is 19.3. The molecule has 1 N–H and O–H groups in total. The number of imidazole rings is 1. The number of carbonyl (C=O) groups is 1. The largest absolute Gasteiger partial charge is 0.478 e. The van der Waals surface area contributed by atoms with E-state index in [-0.39, 0.29) is 11.4 Å². The maximum absolute atomic E-state index is 10.8. The van der Waals surface area contributed by atoms with E-state index in [1.165, 1.54) is 29.2 Å². The molecular weight excluding hydrogens is 306 g/mol. The van der Waals surface area contributed by atoms with Crippen molar-refractivity contribution >= 4 is 27.7 Å². The van der Waals surface area contributed by atoms with E-state index < -0.39 is 10.9 Å². The Hall–Kier alpha value is -2.22. The molecule has 0 atom stereocenters. The third-order valence-electron chi connectivity index (χ3n) is 2.23. The number of halogens is 1. The van der Waals surface area contributed by atoms with Gasteiger partial charge in [-0.3, -0.25) is 4.57 Å². The fraction of sp³-hybridized carbons (Fsp3) is 0. The minimum Gasteiger partial charge on any atom is -0.478 e. The van der Waals surface area contributed by atoms with Gasteiger partial charge in [-0.2, -0.15) is 0 Å². The van der Waals surface area contributed by atoms with Gasteiger partial charge in [-0.15, -0.1) is 0 Å². The first-order chi connectivity index (χ1) is 8.49. The fourth-order valence-corrected chi connectivity index (χ4v) is 1.97. The monoisotopic (exact) mass is 311 g/mol. The molecule has 92 valence electrons. The molecule has 0 saturated carbocycles. The molecule has 7 nitrogen and oxygen atoms in total. The van der Waals surface area contributed by atoms with Crippen LogP contribution >= 0.6 is 15.9 Å². The summed E-state index contributed by atoms with van der Waals surface area (Å²) in [4.78, 5) is 24.3. The molecule has 0 spiro atoms. The molecule has 0 aliphatic rings. The third-order valence-corrected chi connectivity index (χ3v) is 2.86. The van der Waals surface area contributed by atoms with E-state index in [1.54, 1.807) is 6.07 Å². The Morgan fingerprint density at radius 2 is 2.22 bits per heavy atom. The van der Waals surface area contributed by atoms with Crippen LogP contribution in [0.1, 0.15) is 10.4 Å². The first-order valence-electron chi connectivity index (χ1n) is 4.70. The highest BCUT2D eigenvalue weighted by Crippen LogP contribution is 2.23. The summed E-state index contributed by atoms with van der Waals surface area (Å²) < 4.78 is 1.95. The molecule has 0 amide bonds. The van der Waals surface area contributed by atoms with Gasteiger partial charge in [0.15, 0.2) is 0 Å². The molecule has 1 heterocycles. The van der Waals surface area contributed by atoms with E-state index in [2.05, 4.69) is 20.9 Å². The van der Waals surface area contributed by atoms with Crippen LogP contribution < -0.4 is 0 Å². The van der Waals surface area contributed by atoms with Gasteiger partial charge in [-0.1, -0.05) is 0 Å². The molecule has 0 saturated heterocycles. The lowest BCUT2D eigenvalue weighted by molar-refractivity contribution is -0.389. The van der Waals surface area contributed by atoms with Gasteiger partial charge < -0.3 is 15.2 Å². The van der Waals surface area contributed by atoms with Gasteiger partial charge in [0, 0.05) is 4.47 Å². The summed E-state index contributed by atoms with van der Waals surface area (Å²) in [5.74, 6) is -1.32. The van der Waals surface area contributed by atoms with E-state index in [1.807, 2.05) is 0 Å². The van der Waals surface area contributed by atoms with Crippen LogP contribution in [0.2, 0.25) is 0 Å². The number of aromatic carboxylic acids is 1. The van der Waals surface area contributed by atoms with Crippen LogP contribution in [0, 0.1) is 10.1 Å². The van der Waals surface area contributed by atoms with Crippen LogP contribution in [-0.4, -0.2) is 25.6 Å². The van der Waals surface area contributed by atoms with Crippen LogP contribution in [-0.2, 0) is 0 Å². The molecule has 0 unspecified atom stereocenters. The average molecular weight is 312 g/mol. The summed E-state index contributed by atoms with van der Waals surface area (Å²) in [6, 6.07) is 4.37. The minimum absolute atomic E-state index is 0.125. The second-order valence-electron chi connectivity index (χ2n) is 3.37. The molecule has 0 bridgehead atoms. The summed E-state index contributed by atoms with van der Waals surface area (Å²) in [6.07, 6.45) is 2.54. The predicted molar refractivity (Wildman–Crippen MR) is 64.9 cm³/mol. The van der Waals surface area contributed by atoms with Crippen molar-refractivity contribution in [2.24, 2.45) is 0 Å². The van der Waals surface area contributed by atoms with E-state index in [0.29, 0.717) is 10.2 Å². The van der Waals surface area contributed by atoms with Crippen molar-refractivity contribution in [1.29, 1.82) is 0 Å². The Morgan fingerprint density at radius 1 is 1.50 bits per heavy atom. The maximum atomic E-state index is 10.8. The van der Waals surface area contributed by atoms with Crippen molar-refractivity contribution in [3.05, 3.63) is 50.9 Å². The number of nitrogens with zero attached hydrogens (tertiary/aromatic N) is 3. The topological polar surface area (TPSA) is 98.3 Å². The molecule has 0 radical (unpaired) electrons. The van der Waals surface area contributed by atoms with Crippen LogP contribution in [0.25, 0.3) is 5.69 Å². The number of hydrogen-bond donors (Lipinski definition) is 1. The quantitative estimate of drug-likeness (QED) is 0.692. The number of hydrogen-bond acceptors (Lipinski definition) is 4. The summed E-state index contributed by atoms with van der Waals surface area (Å²) >= 11 is 3.22. The van der Waals surface area contributed by atoms with Crippen molar-refractivity contribution < 1.29 is 14.8 Å². The fourth-order valence-electron chi connectivity index (χ4n) is 1.39. The Kier molecular flexibility index (Phi) is 3.11. The van der Waals surface area contributed by atoms with Gasteiger partial charge in [0.1, 0.15) is 6.20 Å². The molecule has 8 heteroatoms. The maximum Gasteiger partial charge on any atom is 0.381 e. The number of carboxylic acid groups (broad SMARTS) is 1. The van der Waals surface area contributed by atoms with Gasteiger partial charge in [-0.25, -0.2) is 4.79 Å². The van der Waals surface area contributed by atoms with Gasteiger partial charge >= 0.3 is 11.8 Å². The zero-order valence-corrected chi connectivity index (χ0v) is 10.4.